The Bertz CT molecular complexity index is 650. The van der Waals surface area contributed by atoms with Crippen LogP contribution in [0.2, 0.25) is 0 Å². The molecule has 0 unspecified atom stereocenters. The minimum atomic E-state index is -0.510. The zero-order chi connectivity index (χ0) is 13.8. The number of anilines is 1. The van der Waals surface area contributed by atoms with E-state index in [1.165, 1.54) is 24.3 Å². The first-order chi connectivity index (χ1) is 9.08. The minimum Gasteiger partial charge on any atom is -0.487 e. The summed E-state index contributed by atoms with van der Waals surface area (Å²) in [5.41, 5.74) is 6.46. The highest BCUT2D eigenvalue weighted by atomic mass is 19.1. The van der Waals surface area contributed by atoms with Crippen LogP contribution < -0.4 is 10.5 Å². The molecule has 3 nitrogen and oxygen atoms in total. The fourth-order valence-electron chi connectivity index (χ4n) is 1.61. The lowest BCUT2D eigenvalue weighted by Crippen LogP contribution is -2.00. The van der Waals surface area contributed by atoms with Crippen LogP contribution in [0.25, 0.3) is 0 Å². The van der Waals surface area contributed by atoms with Gasteiger partial charge < -0.3 is 10.5 Å². The number of ether oxygens (including phenoxy) is 1. The third kappa shape index (κ3) is 3.19. The molecule has 0 heterocycles. The number of nitrogen functional groups attached to an aromatic ring is 1. The summed E-state index contributed by atoms with van der Waals surface area (Å²) in [6, 6.07) is 9.53. The molecule has 0 amide bonds. The Balaban J connectivity index is 2.14. The van der Waals surface area contributed by atoms with Crippen molar-refractivity contribution in [3.63, 3.8) is 0 Å². The van der Waals surface area contributed by atoms with E-state index in [0.29, 0.717) is 11.3 Å². The average Bonchev–Trinajstić information content (AvgIpc) is 2.37. The number of hydrogen-bond acceptors (Lipinski definition) is 3. The van der Waals surface area contributed by atoms with Crippen LogP contribution in [0.4, 0.5) is 14.5 Å². The van der Waals surface area contributed by atoms with Gasteiger partial charge in [-0.05, 0) is 35.9 Å². The minimum absolute atomic E-state index is 0.0439. The molecule has 0 radical (unpaired) electrons. The summed E-state index contributed by atoms with van der Waals surface area (Å²) < 4.78 is 31.4. The molecule has 0 aliphatic carbocycles. The van der Waals surface area contributed by atoms with Crippen LogP contribution in [0, 0.1) is 23.0 Å². The Morgan fingerprint density at radius 2 is 1.89 bits per heavy atom. The van der Waals surface area contributed by atoms with E-state index in [-0.39, 0.29) is 17.9 Å². The van der Waals surface area contributed by atoms with E-state index in [0.717, 1.165) is 12.1 Å². The van der Waals surface area contributed by atoms with Gasteiger partial charge in [0.15, 0.2) is 0 Å². The maximum Gasteiger partial charge on any atom is 0.142 e. The summed E-state index contributed by atoms with van der Waals surface area (Å²) in [6.07, 6.45) is 0. The van der Waals surface area contributed by atoms with Crippen LogP contribution in [-0.2, 0) is 6.61 Å². The van der Waals surface area contributed by atoms with E-state index in [2.05, 4.69) is 0 Å². The van der Waals surface area contributed by atoms with Crippen LogP contribution in [0.15, 0.2) is 36.4 Å². The van der Waals surface area contributed by atoms with Crippen LogP contribution >= 0.6 is 0 Å². The zero-order valence-electron chi connectivity index (χ0n) is 9.86. The number of benzene rings is 2. The molecule has 2 N–H and O–H groups in total. The van der Waals surface area contributed by atoms with Gasteiger partial charge in [0, 0.05) is 6.07 Å². The van der Waals surface area contributed by atoms with Gasteiger partial charge in [0.05, 0.1) is 17.3 Å². The third-order valence-corrected chi connectivity index (χ3v) is 2.45. The first-order valence-electron chi connectivity index (χ1n) is 5.46. The SMILES string of the molecule is N#Cc1cc(F)cc(COc2ccc(F)cc2N)c1. The van der Waals surface area contributed by atoms with Crippen molar-refractivity contribution in [2.45, 2.75) is 6.61 Å². The van der Waals surface area contributed by atoms with E-state index < -0.39 is 11.6 Å². The number of nitrogens with zero attached hydrogens (tertiary/aromatic N) is 1. The molecule has 2 aromatic rings. The molecule has 0 aliphatic heterocycles. The molecule has 0 aliphatic rings. The van der Waals surface area contributed by atoms with Gasteiger partial charge in [-0.3, -0.25) is 0 Å². The van der Waals surface area contributed by atoms with Crippen molar-refractivity contribution in [2.24, 2.45) is 0 Å². The maximum absolute atomic E-state index is 13.2. The van der Waals surface area contributed by atoms with E-state index in [1.54, 1.807) is 0 Å². The summed E-state index contributed by atoms with van der Waals surface area (Å²) in [5, 5.41) is 8.73. The van der Waals surface area contributed by atoms with Crippen molar-refractivity contribution in [2.75, 3.05) is 5.73 Å². The molecule has 0 fully saturated rings. The summed E-state index contributed by atoms with van der Waals surface area (Å²) in [5.74, 6) is -0.656. The Kier molecular flexibility index (Phi) is 3.62. The van der Waals surface area contributed by atoms with Gasteiger partial charge in [-0.1, -0.05) is 0 Å². The van der Waals surface area contributed by atoms with E-state index in [4.69, 9.17) is 15.7 Å². The largest absolute Gasteiger partial charge is 0.487 e. The Labute approximate surface area is 108 Å². The van der Waals surface area contributed by atoms with E-state index in [9.17, 15) is 8.78 Å². The second-order valence-corrected chi connectivity index (χ2v) is 3.93. The van der Waals surface area contributed by atoms with Crippen LogP contribution in [0.3, 0.4) is 0 Å². The van der Waals surface area contributed by atoms with Gasteiger partial charge in [-0.2, -0.15) is 5.26 Å². The van der Waals surface area contributed by atoms with Crippen molar-refractivity contribution in [3.05, 3.63) is 59.2 Å². The van der Waals surface area contributed by atoms with Crippen LogP contribution in [-0.4, -0.2) is 0 Å². The highest BCUT2D eigenvalue weighted by Crippen LogP contribution is 2.23. The summed E-state index contributed by atoms with van der Waals surface area (Å²) in [7, 11) is 0. The smallest absolute Gasteiger partial charge is 0.142 e. The average molecular weight is 260 g/mol. The molecule has 0 atom stereocenters. The molecule has 2 aromatic carbocycles. The number of hydrogen-bond donors (Lipinski definition) is 1. The number of nitrogens with two attached hydrogens (primary N) is 1. The van der Waals surface area contributed by atoms with Crippen molar-refractivity contribution in [1.82, 2.24) is 0 Å². The summed E-state index contributed by atoms with van der Waals surface area (Å²) >= 11 is 0. The van der Waals surface area contributed by atoms with Crippen molar-refractivity contribution >= 4 is 5.69 Å². The lowest BCUT2D eigenvalue weighted by molar-refractivity contribution is 0.307. The Morgan fingerprint density at radius 3 is 2.58 bits per heavy atom. The van der Waals surface area contributed by atoms with Gasteiger partial charge in [0.1, 0.15) is 24.0 Å². The highest BCUT2D eigenvalue weighted by molar-refractivity contribution is 5.52. The molecule has 0 saturated carbocycles. The maximum atomic E-state index is 13.2. The summed E-state index contributed by atoms with van der Waals surface area (Å²) in [6.45, 7) is 0.0439. The number of halogens is 2. The predicted octanol–water partition coefficient (Wildman–Crippen LogP) is 3.00. The van der Waals surface area contributed by atoms with E-state index >= 15 is 0 Å². The monoisotopic (exact) mass is 260 g/mol. The fraction of sp³-hybridized carbons (Fsp3) is 0.0714. The lowest BCUT2D eigenvalue weighted by Gasteiger charge is -2.09. The number of rotatable bonds is 3. The first-order valence-corrected chi connectivity index (χ1v) is 5.46. The Hall–Kier alpha value is -2.61. The fourth-order valence-corrected chi connectivity index (χ4v) is 1.61. The third-order valence-electron chi connectivity index (χ3n) is 2.45. The highest BCUT2D eigenvalue weighted by Gasteiger charge is 2.05. The van der Waals surface area contributed by atoms with Crippen molar-refractivity contribution < 1.29 is 13.5 Å². The Morgan fingerprint density at radius 1 is 1.11 bits per heavy atom. The van der Waals surface area contributed by atoms with Crippen molar-refractivity contribution in [3.8, 4) is 11.8 Å². The van der Waals surface area contributed by atoms with Gasteiger partial charge in [0.25, 0.3) is 0 Å². The summed E-state index contributed by atoms with van der Waals surface area (Å²) in [4.78, 5) is 0. The lowest BCUT2D eigenvalue weighted by atomic mass is 10.1. The van der Waals surface area contributed by atoms with Crippen LogP contribution in [0.1, 0.15) is 11.1 Å². The quantitative estimate of drug-likeness (QED) is 0.863. The van der Waals surface area contributed by atoms with Crippen LogP contribution in [0.5, 0.6) is 5.75 Å². The molecule has 19 heavy (non-hydrogen) atoms. The first kappa shape index (κ1) is 12.8. The molecule has 2 rings (SSSR count). The van der Waals surface area contributed by atoms with Gasteiger partial charge in [-0.25, -0.2) is 8.78 Å². The molecule has 96 valence electrons. The van der Waals surface area contributed by atoms with Gasteiger partial charge >= 0.3 is 0 Å². The molecule has 0 bridgehead atoms. The second kappa shape index (κ2) is 5.36. The van der Waals surface area contributed by atoms with Gasteiger partial charge in [0.2, 0.25) is 0 Å². The zero-order valence-corrected chi connectivity index (χ0v) is 9.86. The molecular formula is C14H10F2N2O. The normalized spacial score (nSPS) is 9.95. The van der Waals surface area contributed by atoms with E-state index in [1.807, 2.05) is 6.07 Å². The van der Waals surface area contributed by atoms with Crippen molar-refractivity contribution in [1.29, 1.82) is 5.26 Å². The number of nitriles is 1. The molecular weight excluding hydrogens is 250 g/mol. The second-order valence-electron chi connectivity index (χ2n) is 3.93. The molecule has 5 heteroatoms. The molecule has 0 saturated heterocycles. The molecule has 0 aromatic heterocycles. The molecule has 0 spiro atoms. The topological polar surface area (TPSA) is 59.0 Å². The van der Waals surface area contributed by atoms with Gasteiger partial charge in [-0.15, -0.1) is 0 Å². The standard InChI is InChI=1S/C14H10F2N2O/c15-11-1-2-14(13(18)6-11)19-8-10-3-9(7-17)4-12(16)5-10/h1-6H,8,18H2. The predicted molar refractivity (Wildman–Crippen MR) is 66.3 cm³/mol.